The Balaban J connectivity index is 1.59. The first-order valence-electron chi connectivity index (χ1n) is 7.81. The van der Waals surface area contributed by atoms with Gasteiger partial charge >= 0.3 is 0 Å². The summed E-state index contributed by atoms with van der Waals surface area (Å²) in [6, 6.07) is 9.98. The van der Waals surface area contributed by atoms with Crippen LogP contribution < -0.4 is 4.90 Å². The number of hydrogen-bond donors (Lipinski definition) is 0. The van der Waals surface area contributed by atoms with Gasteiger partial charge in [-0.2, -0.15) is 0 Å². The molecule has 3 rings (SSSR count). The van der Waals surface area contributed by atoms with E-state index in [-0.39, 0.29) is 11.9 Å². The lowest BCUT2D eigenvalue weighted by molar-refractivity contribution is -0.122. The Labute approximate surface area is 136 Å². The Bertz CT molecular complexity index is 540. The molecule has 1 aromatic carbocycles. The molecule has 2 fully saturated rings. The number of nitrogens with zero attached hydrogens (tertiary/aromatic N) is 3. The number of carbonyl (C=O) groups excluding carboxylic acids is 1. The van der Waals surface area contributed by atoms with E-state index in [4.69, 9.17) is 11.6 Å². The van der Waals surface area contributed by atoms with E-state index >= 15 is 0 Å². The summed E-state index contributed by atoms with van der Waals surface area (Å²) in [5, 5.41) is 0.681. The van der Waals surface area contributed by atoms with Gasteiger partial charge in [0, 0.05) is 50.0 Å². The second-order valence-corrected chi connectivity index (χ2v) is 6.49. The Hall–Kier alpha value is -1.36. The summed E-state index contributed by atoms with van der Waals surface area (Å²) in [5.74, 6) is 0.237. The van der Waals surface area contributed by atoms with Crippen molar-refractivity contribution < 1.29 is 4.79 Å². The zero-order valence-corrected chi connectivity index (χ0v) is 13.5. The number of carbonyl (C=O) groups is 1. The fraction of sp³-hybridized carbons (Fsp3) is 0.471. The Morgan fingerprint density at radius 2 is 1.82 bits per heavy atom. The second kappa shape index (κ2) is 6.82. The molecular weight excluding hydrogens is 298 g/mol. The topological polar surface area (TPSA) is 26.8 Å². The van der Waals surface area contributed by atoms with Crippen LogP contribution in [-0.2, 0) is 4.79 Å². The average Bonchev–Trinajstić information content (AvgIpc) is 2.90. The van der Waals surface area contributed by atoms with Crippen LogP contribution in [0, 0.1) is 0 Å². The number of hydrogen-bond acceptors (Lipinski definition) is 3. The molecule has 118 valence electrons. The summed E-state index contributed by atoms with van der Waals surface area (Å²) in [4.78, 5) is 19.2. The fourth-order valence-corrected chi connectivity index (χ4v) is 3.51. The lowest BCUT2D eigenvalue weighted by atomic mass is 10.2. The predicted octanol–water partition coefficient (Wildman–Crippen LogP) is 2.16. The van der Waals surface area contributed by atoms with Crippen molar-refractivity contribution >= 4 is 23.2 Å². The van der Waals surface area contributed by atoms with Crippen LogP contribution in [0.5, 0.6) is 0 Å². The van der Waals surface area contributed by atoms with Gasteiger partial charge in [0.25, 0.3) is 0 Å². The van der Waals surface area contributed by atoms with Gasteiger partial charge in [-0.25, -0.2) is 0 Å². The standard InChI is InChI=1S/C17H22ClN3O/c1-14(18)13-19-9-11-20(12-10-19)16-7-8-21(17(16)22)15-5-3-2-4-6-15/h2-6,16H,1,7-13H2/t16-/m0/s1. The summed E-state index contributed by atoms with van der Waals surface area (Å²) in [7, 11) is 0. The summed E-state index contributed by atoms with van der Waals surface area (Å²) in [6.45, 7) is 9.03. The lowest BCUT2D eigenvalue weighted by Crippen LogP contribution is -2.52. The maximum Gasteiger partial charge on any atom is 0.244 e. The van der Waals surface area contributed by atoms with Crippen LogP contribution in [0.1, 0.15) is 6.42 Å². The van der Waals surface area contributed by atoms with Gasteiger partial charge in [-0.3, -0.25) is 14.6 Å². The summed E-state index contributed by atoms with van der Waals surface area (Å²) < 4.78 is 0. The molecule has 1 atom stereocenters. The van der Waals surface area contributed by atoms with E-state index in [2.05, 4.69) is 16.4 Å². The van der Waals surface area contributed by atoms with Crippen LogP contribution in [0.4, 0.5) is 5.69 Å². The number of halogens is 1. The van der Waals surface area contributed by atoms with Crippen LogP contribution in [-0.4, -0.2) is 61.0 Å². The monoisotopic (exact) mass is 319 g/mol. The fourth-order valence-electron chi connectivity index (χ4n) is 3.34. The van der Waals surface area contributed by atoms with Crippen LogP contribution >= 0.6 is 11.6 Å². The number of benzene rings is 1. The van der Waals surface area contributed by atoms with Gasteiger partial charge in [0.15, 0.2) is 0 Å². The third kappa shape index (κ3) is 3.35. The largest absolute Gasteiger partial charge is 0.311 e. The minimum absolute atomic E-state index is 0.0292. The molecule has 22 heavy (non-hydrogen) atoms. The SMILES string of the molecule is C=C(Cl)CN1CCN([C@H]2CCN(c3ccccc3)C2=O)CC1. The molecular formula is C17H22ClN3O. The van der Waals surface area contributed by atoms with Crippen molar-refractivity contribution in [1.29, 1.82) is 0 Å². The molecule has 0 aliphatic carbocycles. The summed E-state index contributed by atoms with van der Waals surface area (Å²) >= 11 is 5.87. The van der Waals surface area contributed by atoms with Crippen molar-refractivity contribution in [1.82, 2.24) is 9.80 Å². The van der Waals surface area contributed by atoms with Crippen molar-refractivity contribution in [2.45, 2.75) is 12.5 Å². The third-order valence-electron chi connectivity index (χ3n) is 4.49. The zero-order chi connectivity index (χ0) is 15.5. The molecule has 2 heterocycles. The first-order valence-corrected chi connectivity index (χ1v) is 8.19. The minimum Gasteiger partial charge on any atom is -0.311 e. The van der Waals surface area contributed by atoms with E-state index in [0.29, 0.717) is 5.03 Å². The van der Waals surface area contributed by atoms with E-state index in [1.165, 1.54) is 0 Å². The maximum absolute atomic E-state index is 12.7. The highest BCUT2D eigenvalue weighted by Gasteiger charge is 2.37. The number of para-hydroxylation sites is 1. The molecule has 4 nitrogen and oxygen atoms in total. The molecule has 0 saturated carbocycles. The number of rotatable bonds is 4. The number of piperazine rings is 1. The molecule has 0 spiro atoms. The molecule has 5 heteroatoms. The van der Waals surface area contributed by atoms with Crippen molar-refractivity contribution in [2.24, 2.45) is 0 Å². The summed E-state index contributed by atoms with van der Waals surface area (Å²) in [6.07, 6.45) is 0.913. The molecule has 2 aliphatic heterocycles. The third-order valence-corrected chi connectivity index (χ3v) is 4.61. The van der Waals surface area contributed by atoms with Gasteiger partial charge in [0.2, 0.25) is 5.91 Å². The summed E-state index contributed by atoms with van der Waals surface area (Å²) in [5.41, 5.74) is 1.01. The van der Waals surface area contributed by atoms with Crippen molar-refractivity contribution in [3.63, 3.8) is 0 Å². The van der Waals surface area contributed by atoms with Crippen LogP contribution in [0.25, 0.3) is 0 Å². The number of anilines is 1. The quantitative estimate of drug-likeness (QED) is 0.851. The van der Waals surface area contributed by atoms with Gasteiger partial charge in [0.05, 0.1) is 6.04 Å². The van der Waals surface area contributed by atoms with E-state index in [0.717, 1.165) is 51.4 Å². The smallest absolute Gasteiger partial charge is 0.244 e. The van der Waals surface area contributed by atoms with Gasteiger partial charge < -0.3 is 4.90 Å². The van der Waals surface area contributed by atoms with Gasteiger partial charge in [-0.15, -0.1) is 0 Å². The Morgan fingerprint density at radius 1 is 1.14 bits per heavy atom. The molecule has 0 radical (unpaired) electrons. The highest BCUT2D eigenvalue weighted by atomic mass is 35.5. The second-order valence-electron chi connectivity index (χ2n) is 5.96. The highest BCUT2D eigenvalue weighted by molar-refractivity contribution is 6.29. The molecule has 2 saturated heterocycles. The average molecular weight is 320 g/mol. The van der Waals surface area contributed by atoms with Gasteiger partial charge in [-0.05, 0) is 18.6 Å². The van der Waals surface area contributed by atoms with E-state index < -0.39 is 0 Å². The zero-order valence-electron chi connectivity index (χ0n) is 12.7. The van der Waals surface area contributed by atoms with E-state index in [9.17, 15) is 4.79 Å². The predicted molar refractivity (Wildman–Crippen MR) is 90.2 cm³/mol. The maximum atomic E-state index is 12.7. The molecule has 0 bridgehead atoms. The van der Waals surface area contributed by atoms with E-state index in [1.54, 1.807) is 0 Å². The molecule has 0 aromatic heterocycles. The molecule has 2 aliphatic rings. The van der Waals surface area contributed by atoms with E-state index in [1.807, 2.05) is 35.2 Å². The molecule has 1 amide bonds. The van der Waals surface area contributed by atoms with Crippen LogP contribution in [0.2, 0.25) is 0 Å². The van der Waals surface area contributed by atoms with Gasteiger partial charge in [0.1, 0.15) is 0 Å². The Kier molecular flexibility index (Phi) is 4.81. The Morgan fingerprint density at radius 3 is 2.45 bits per heavy atom. The highest BCUT2D eigenvalue weighted by Crippen LogP contribution is 2.25. The van der Waals surface area contributed by atoms with Crippen LogP contribution in [0.15, 0.2) is 41.9 Å². The first-order chi connectivity index (χ1) is 10.6. The van der Waals surface area contributed by atoms with Gasteiger partial charge in [-0.1, -0.05) is 36.4 Å². The normalized spacial score (nSPS) is 24.0. The van der Waals surface area contributed by atoms with Crippen molar-refractivity contribution in [3.8, 4) is 0 Å². The molecule has 0 unspecified atom stereocenters. The minimum atomic E-state index is 0.0292. The van der Waals surface area contributed by atoms with Crippen molar-refractivity contribution in [2.75, 3.05) is 44.2 Å². The van der Waals surface area contributed by atoms with Crippen molar-refractivity contribution in [3.05, 3.63) is 41.9 Å². The number of amides is 1. The molecule has 1 aromatic rings. The lowest BCUT2D eigenvalue weighted by Gasteiger charge is -2.37. The van der Waals surface area contributed by atoms with Crippen LogP contribution in [0.3, 0.4) is 0 Å². The molecule has 0 N–H and O–H groups in total. The first kappa shape index (κ1) is 15.5.